The Morgan fingerprint density at radius 1 is 0.667 bits per heavy atom. The predicted molar refractivity (Wildman–Crippen MR) is 82.9 cm³/mol. The highest BCUT2D eigenvalue weighted by atomic mass is 16.3. The summed E-state index contributed by atoms with van der Waals surface area (Å²) < 4.78 is 5.48. The fourth-order valence-electron chi connectivity index (χ4n) is 2.86. The first-order chi connectivity index (χ1) is 10.4. The second kappa shape index (κ2) is 4.60. The van der Waals surface area contributed by atoms with Gasteiger partial charge in [0.05, 0.1) is 0 Å². The lowest BCUT2D eigenvalue weighted by atomic mass is 10.0. The van der Waals surface area contributed by atoms with Crippen LogP contribution in [-0.4, -0.2) is 6.29 Å². The fourth-order valence-corrected chi connectivity index (χ4v) is 2.86. The third-order valence-corrected chi connectivity index (χ3v) is 3.77. The summed E-state index contributed by atoms with van der Waals surface area (Å²) in [6.45, 7) is 0. The lowest BCUT2D eigenvalue weighted by Gasteiger charge is -2.01. The van der Waals surface area contributed by atoms with Crippen LogP contribution >= 0.6 is 0 Å². The van der Waals surface area contributed by atoms with Crippen LogP contribution in [0.25, 0.3) is 22.8 Å². The van der Waals surface area contributed by atoms with Crippen LogP contribution < -0.4 is 0 Å². The van der Waals surface area contributed by atoms with E-state index in [0.29, 0.717) is 11.5 Å². The van der Waals surface area contributed by atoms with Crippen LogP contribution in [0.1, 0.15) is 27.4 Å². The minimum atomic E-state index is 0.349. The second-order valence-corrected chi connectivity index (χ2v) is 5.01. The Balaban J connectivity index is 1.94. The molecule has 1 aliphatic carbocycles. The van der Waals surface area contributed by atoms with Gasteiger partial charge in [-0.2, -0.15) is 0 Å². The molecule has 0 amide bonds. The van der Waals surface area contributed by atoms with Crippen molar-refractivity contribution in [2.24, 2.45) is 0 Å². The van der Waals surface area contributed by atoms with Crippen LogP contribution in [0.15, 0.2) is 65.1 Å². The molecule has 1 aromatic heterocycles. The van der Waals surface area contributed by atoms with E-state index in [-0.39, 0.29) is 0 Å². The van der Waals surface area contributed by atoms with Crippen molar-refractivity contribution in [2.75, 3.05) is 0 Å². The number of rotatable bonds is 2. The zero-order chi connectivity index (χ0) is 14.2. The van der Waals surface area contributed by atoms with E-state index in [1.54, 1.807) is 6.07 Å². The van der Waals surface area contributed by atoms with Crippen molar-refractivity contribution in [2.45, 2.75) is 0 Å². The number of furan rings is 1. The molecular formula is C19H12O2. The van der Waals surface area contributed by atoms with Crippen molar-refractivity contribution in [3.63, 3.8) is 0 Å². The molecule has 2 nitrogen and oxygen atoms in total. The highest BCUT2D eigenvalue weighted by Gasteiger charge is 2.22. The fraction of sp³-hybridized carbons (Fsp3) is 0. The van der Waals surface area contributed by atoms with Gasteiger partial charge in [0.2, 0.25) is 0 Å². The predicted octanol–water partition coefficient (Wildman–Crippen LogP) is 4.66. The largest absolute Gasteiger partial charge is 0.454 e. The molecule has 100 valence electrons. The van der Waals surface area contributed by atoms with Gasteiger partial charge in [-0.15, -0.1) is 0 Å². The Bertz CT molecular complexity index is 821. The standard InChI is InChI=1S/C19H12O2/c20-12-14-10-9-13(21-14)11-19-17-7-3-1-5-15(17)16-6-2-4-8-18(16)19/h1-12H. The molecule has 2 aromatic carbocycles. The van der Waals surface area contributed by atoms with Crippen molar-refractivity contribution in [3.8, 4) is 11.1 Å². The summed E-state index contributed by atoms with van der Waals surface area (Å²) in [5.41, 5.74) is 6.00. The number of carbonyl (C=O) groups excluding carboxylic acids is 1. The number of aldehydes is 1. The molecule has 4 rings (SSSR count). The molecule has 0 saturated heterocycles. The third kappa shape index (κ3) is 1.84. The zero-order valence-corrected chi connectivity index (χ0v) is 11.2. The number of carbonyl (C=O) groups is 1. The smallest absolute Gasteiger partial charge is 0.185 e. The van der Waals surface area contributed by atoms with Crippen molar-refractivity contribution in [1.82, 2.24) is 0 Å². The van der Waals surface area contributed by atoms with E-state index < -0.39 is 0 Å². The molecule has 21 heavy (non-hydrogen) atoms. The van der Waals surface area contributed by atoms with Crippen molar-refractivity contribution in [3.05, 3.63) is 83.3 Å². The molecule has 0 unspecified atom stereocenters. The second-order valence-electron chi connectivity index (χ2n) is 5.01. The lowest BCUT2D eigenvalue weighted by molar-refractivity contribution is 0.110. The van der Waals surface area contributed by atoms with Gasteiger partial charge < -0.3 is 4.42 Å². The Hall–Kier alpha value is -2.87. The van der Waals surface area contributed by atoms with Gasteiger partial charge >= 0.3 is 0 Å². The maximum absolute atomic E-state index is 10.7. The third-order valence-electron chi connectivity index (χ3n) is 3.77. The molecule has 0 saturated carbocycles. The average molecular weight is 272 g/mol. The van der Waals surface area contributed by atoms with E-state index in [0.717, 1.165) is 11.9 Å². The van der Waals surface area contributed by atoms with Crippen LogP contribution in [0.4, 0.5) is 0 Å². The van der Waals surface area contributed by atoms with Gasteiger partial charge in [-0.1, -0.05) is 48.5 Å². The zero-order valence-electron chi connectivity index (χ0n) is 11.2. The summed E-state index contributed by atoms with van der Waals surface area (Å²) in [5, 5.41) is 0. The van der Waals surface area contributed by atoms with Crippen molar-refractivity contribution >= 4 is 17.9 Å². The van der Waals surface area contributed by atoms with E-state index in [1.807, 2.05) is 24.3 Å². The molecular weight excluding hydrogens is 260 g/mol. The van der Waals surface area contributed by atoms with E-state index >= 15 is 0 Å². The number of fused-ring (bicyclic) bond motifs is 3. The minimum absolute atomic E-state index is 0.349. The molecule has 0 bridgehead atoms. The topological polar surface area (TPSA) is 30.2 Å². The summed E-state index contributed by atoms with van der Waals surface area (Å²) in [6, 6.07) is 20.2. The van der Waals surface area contributed by atoms with E-state index in [2.05, 4.69) is 36.4 Å². The van der Waals surface area contributed by atoms with Gasteiger partial charge in [0.1, 0.15) is 5.76 Å². The van der Waals surface area contributed by atoms with Crippen LogP contribution in [0.2, 0.25) is 0 Å². The summed E-state index contributed by atoms with van der Waals surface area (Å²) >= 11 is 0. The molecule has 0 aliphatic heterocycles. The van der Waals surface area contributed by atoms with E-state index in [9.17, 15) is 4.79 Å². The first-order valence-electron chi connectivity index (χ1n) is 6.83. The Morgan fingerprint density at radius 3 is 1.71 bits per heavy atom. The summed E-state index contributed by atoms with van der Waals surface area (Å²) in [6.07, 6.45) is 2.72. The molecule has 1 heterocycles. The van der Waals surface area contributed by atoms with Gasteiger partial charge in [-0.3, -0.25) is 4.79 Å². The van der Waals surface area contributed by atoms with Gasteiger partial charge in [-0.05, 0) is 46.0 Å². The normalized spacial score (nSPS) is 11.9. The summed E-state index contributed by atoms with van der Waals surface area (Å²) in [4.78, 5) is 10.7. The van der Waals surface area contributed by atoms with Crippen molar-refractivity contribution in [1.29, 1.82) is 0 Å². The highest BCUT2D eigenvalue weighted by Crippen LogP contribution is 2.44. The van der Waals surface area contributed by atoms with Crippen LogP contribution in [-0.2, 0) is 0 Å². The Kier molecular flexibility index (Phi) is 2.61. The van der Waals surface area contributed by atoms with Gasteiger partial charge in [0.25, 0.3) is 0 Å². The molecule has 1 aliphatic rings. The van der Waals surface area contributed by atoms with Crippen molar-refractivity contribution < 1.29 is 9.21 Å². The van der Waals surface area contributed by atoms with Gasteiger partial charge in [-0.25, -0.2) is 0 Å². The lowest BCUT2D eigenvalue weighted by Crippen LogP contribution is -1.80. The van der Waals surface area contributed by atoms with E-state index in [4.69, 9.17) is 4.42 Å². The monoisotopic (exact) mass is 272 g/mol. The summed E-state index contributed by atoms with van der Waals surface area (Å²) in [5.74, 6) is 1.04. The minimum Gasteiger partial charge on any atom is -0.454 e. The Morgan fingerprint density at radius 2 is 1.19 bits per heavy atom. The van der Waals surface area contributed by atoms with Crippen LogP contribution in [0.5, 0.6) is 0 Å². The van der Waals surface area contributed by atoms with Gasteiger partial charge in [0.15, 0.2) is 12.0 Å². The number of hydrogen-bond acceptors (Lipinski definition) is 2. The molecule has 0 N–H and O–H groups in total. The quantitative estimate of drug-likeness (QED) is 0.497. The molecule has 0 fully saturated rings. The van der Waals surface area contributed by atoms with Crippen LogP contribution in [0.3, 0.4) is 0 Å². The SMILES string of the molecule is O=Cc1ccc(C=C2c3ccccc3-c3ccccc32)o1. The van der Waals surface area contributed by atoms with Gasteiger partial charge in [0, 0.05) is 0 Å². The first kappa shape index (κ1) is 11.9. The molecule has 0 spiro atoms. The summed E-state index contributed by atoms with van der Waals surface area (Å²) in [7, 11) is 0. The first-order valence-corrected chi connectivity index (χ1v) is 6.83. The molecule has 3 aromatic rings. The number of benzene rings is 2. The average Bonchev–Trinajstić information content (AvgIpc) is 3.12. The maximum atomic E-state index is 10.7. The Labute approximate surface area is 122 Å². The molecule has 0 atom stereocenters. The van der Waals surface area contributed by atoms with E-state index in [1.165, 1.54) is 22.3 Å². The maximum Gasteiger partial charge on any atom is 0.185 e. The number of hydrogen-bond donors (Lipinski definition) is 0. The molecule has 0 radical (unpaired) electrons. The highest BCUT2D eigenvalue weighted by molar-refractivity contribution is 6.06. The van der Waals surface area contributed by atoms with Crippen LogP contribution in [0, 0.1) is 0 Å². The molecule has 2 heteroatoms.